The Bertz CT molecular complexity index is 392. The van der Waals surface area contributed by atoms with Crippen LogP contribution in [0.5, 0.6) is 0 Å². The van der Waals surface area contributed by atoms with Gasteiger partial charge in [-0.05, 0) is 0 Å². The molecule has 0 radical (unpaired) electrons. The van der Waals surface area contributed by atoms with E-state index in [2.05, 4.69) is 0 Å². The first kappa shape index (κ1) is 11.9. The Balaban J connectivity index is 2.59. The zero-order valence-electron chi connectivity index (χ0n) is 8.50. The molecule has 1 heterocycles. The summed E-state index contributed by atoms with van der Waals surface area (Å²) in [5, 5.41) is 0. The molecule has 15 heavy (non-hydrogen) atoms. The van der Waals surface area contributed by atoms with Crippen LogP contribution in [0.3, 0.4) is 0 Å². The Morgan fingerprint density at radius 2 is 1.67 bits per heavy atom. The molecule has 6 nitrogen and oxygen atoms in total. The van der Waals surface area contributed by atoms with Crippen molar-refractivity contribution in [2.45, 2.75) is 0 Å². The van der Waals surface area contributed by atoms with Crippen LogP contribution in [-0.2, 0) is 19.6 Å². The molecule has 0 aliphatic carbocycles. The van der Waals surface area contributed by atoms with Crippen molar-refractivity contribution in [1.82, 2.24) is 9.21 Å². The van der Waals surface area contributed by atoms with Crippen molar-refractivity contribution in [3.8, 4) is 0 Å². The van der Waals surface area contributed by atoms with Crippen molar-refractivity contribution in [1.29, 1.82) is 0 Å². The third kappa shape index (κ3) is 2.63. The van der Waals surface area contributed by atoms with E-state index in [1.165, 1.54) is 14.1 Å². The molecule has 0 unspecified atom stereocenters. The zero-order valence-corrected chi connectivity index (χ0v) is 9.32. The van der Waals surface area contributed by atoms with Gasteiger partial charge < -0.3 is 0 Å². The average molecular weight is 232 g/mol. The van der Waals surface area contributed by atoms with Gasteiger partial charge in [0.1, 0.15) is 0 Å². The van der Waals surface area contributed by atoms with Crippen LogP contribution in [0.2, 0.25) is 0 Å². The summed E-state index contributed by atoms with van der Waals surface area (Å²) >= 11 is 0. The van der Waals surface area contributed by atoms with E-state index in [4.69, 9.17) is 0 Å². The van der Waals surface area contributed by atoms with E-state index < -0.39 is 21.8 Å². The third-order valence-corrected chi connectivity index (χ3v) is 3.84. The second-order valence-electron chi connectivity index (χ2n) is 3.26. The first-order valence-electron chi connectivity index (χ1n) is 4.28. The first-order valence-corrected chi connectivity index (χ1v) is 5.89. The third-order valence-electron chi connectivity index (χ3n) is 2.03. The quantitative estimate of drug-likeness (QED) is 0.571. The molecule has 0 aromatic rings. The van der Waals surface area contributed by atoms with E-state index in [1.807, 2.05) is 0 Å². The van der Waals surface area contributed by atoms with Crippen molar-refractivity contribution in [2.24, 2.45) is 0 Å². The van der Waals surface area contributed by atoms with Gasteiger partial charge in [0.15, 0.2) is 0 Å². The van der Waals surface area contributed by atoms with Gasteiger partial charge in [-0.2, -0.15) is 0 Å². The second-order valence-corrected chi connectivity index (χ2v) is 5.56. The predicted octanol–water partition coefficient (Wildman–Crippen LogP) is -1.20. The van der Waals surface area contributed by atoms with Gasteiger partial charge in [-0.15, -0.1) is 0 Å². The number of hydrogen-bond donors (Lipinski definition) is 0. The smallest absolute Gasteiger partial charge is 0.253 e. The highest BCUT2D eigenvalue weighted by Gasteiger charge is 2.25. The zero-order chi connectivity index (χ0) is 11.6. The Morgan fingerprint density at radius 1 is 1.20 bits per heavy atom. The molecule has 1 rings (SSSR count). The molecule has 84 valence electrons. The fourth-order valence-electron chi connectivity index (χ4n) is 1.04. The summed E-state index contributed by atoms with van der Waals surface area (Å²) in [5.74, 6) is -1.18. The summed E-state index contributed by atoms with van der Waals surface area (Å²) in [6, 6.07) is 0. The Kier molecular flexibility index (Phi) is 3.25. The summed E-state index contributed by atoms with van der Waals surface area (Å²) in [6.07, 6.45) is 2.26. The maximum absolute atomic E-state index is 11.4. The van der Waals surface area contributed by atoms with E-state index in [0.717, 1.165) is 21.4 Å². The van der Waals surface area contributed by atoms with E-state index in [0.29, 0.717) is 0 Å². The monoisotopic (exact) mass is 232 g/mol. The van der Waals surface area contributed by atoms with Gasteiger partial charge in [-0.25, -0.2) is 12.7 Å². The summed E-state index contributed by atoms with van der Waals surface area (Å²) in [7, 11) is -0.565. The summed E-state index contributed by atoms with van der Waals surface area (Å²) in [5.41, 5.74) is 0. The van der Waals surface area contributed by atoms with Gasteiger partial charge >= 0.3 is 0 Å². The largest absolute Gasteiger partial charge is 0.274 e. The number of hydrogen-bond acceptors (Lipinski definition) is 4. The maximum Gasteiger partial charge on any atom is 0.253 e. The Hall–Kier alpha value is -1.21. The number of nitrogens with zero attached hydrogens (tertiary/aromatic N) is 2. The predicted molar refractivity (Wildman–Crippen MR) is 53.3 cm³/mol. The van der Waals surface area contributed by atoms with Gasteiger partial charge in [-0.1, -0.05) is 0 Å². The highest BCUT2D eigenvalue weighted by atomic mass is 32.2. The van der Waals surface area contributed by atoms with Crippen molar-refractivity contribution in [3.63, 3.8) is 0 Å². The molecule has 0 atom stereocenters. The lowest BCUT2D eigenvalue weighted by molar-refractivity contribution is -0.136. The number of rotatable bonds is 4. The molecule has 1 aliphatic heterocycles. The van der Waals surface area contributed by atoms with Crippen molar-refractivity contribution < 1.29 is 18.0 Å². The van der Waals surface area contributed by atoms with Crippen LogP contribution < -0.4 is 0 Å². The van der Waals surface area contributed by atoms with E-state index >= 15 is 0 Å². The Labute approximate surface area is 88.2 Å². The summed E-state index contributed by atoms with van der Waals surface area (Å²) in [6.45, 7) is -0.106. The summed E-state index contributed by atoms with van der Waals surface area (Å²) in [4.78, 5) is 23.1. The van der Waals surface area contributed by atoms with Crippen LogP contribution in [0.25, 0.3) is 0 Å². The SMILES string of the molecule is CN(C)S(=O)(=O)CCN1C(=O)C=CC1=O. The minimum atomic E-state index is -3.37. The van der Waals surface area contributed by atoms with E-state index in [9.17, 15) is 18.0 Å². The fraction of sp³-hybridized carbons (Fsp3) is 0.500. The van der Waals surface area contributed by atoms with Gasteiger partial charge in [0.25, 0.3) is 11.8 Å². The fourth-order valence-corrected chi connectivity index (χ4v) is 1.82. The number of carbonyl (C=O) groups is 2. The van der Waals surface area contributed by atoms with Gasteiger partial charge in [0, 0.05) is 32.8 Å². The van der Waals surface area contributed by atoms with Crippen molar-refractivity contribution >= 4 is 21.8 Å². The van der Waals surface area contributed by atoms with Crippen LogP contribution in [-0.4, -0.2) is 55.8 Å². The average Bonchev–Trinajstić information content (AvgIpc) is 2.43. The van der Waals surface area contributed by atoms with E-state index in [1.54, 1.807) is 0 Å². The molecular formula is C8H12N2O4S. The normalized spacial score (nSPS) is 16.9. The van der Waals surface area contributed by atoms with Crippen molar-refractivity contribution in [3.05, 3.63) is 12.2 Å². The molecule has 7 heteroatoms. The molecule has 0 saturated carbocycles. The molecule has 0 bridgehead atoms. The minimum absolute atomic E-state index is 0.106. The first-order chi connectivity index (χ1) is 6.84. The highest BCUT2D eigenvalue weighted by molar-refractivity contribution is 7.89. The van der Waals surface area contributed by atoms with Gasteiger partial charge in [0.05, 0.1) is 5.75 Å². The molecule has 0 fully saturated rings. The summed E-state index contributed by atoms with van der Waals surface area (Å²) < 4.78 is 23.8. The molecule has 0 aromatic heterocycles. The second kappa shape index (κ2) is 4.11. The van der Waals surface area contributed by atoms with Gasteiger partial charge in [0.2, 0.25) is 10.0 Å². The standard InChI is InChI=1S/C8H12N2O4S/c1-9(2)15(13,14)6-5-10-7(11)3-4-8(10)12/h3-4H,5-6H2,1-2H3. The molecule has 2 amide bonds. The van der Waals surface area contributed by atoms with Gasteiger partial charge in [-0.3, -0.25) is 14.5 Å². The minimum Gasteiger partial charge on any atom is -0.274 e. The molecule has 0 aromatic carbocycles. The molecule has 1 aliphatic rings. The topological polar surface area (TPSA) is 74.8 Å². The number of carbonyl (C=O) groups excluding carboxylic acids is 2. The van der Waals surface area contributed by atoms with Crippen LogP contribution in [0.1, 0.15) is 0 Å². The lowest BCUT2D eigenvalue weighted by atomic mass is 10.5. The van der Waals surface area contributed by atoms with Crippen LogP contribution in [0.4, 0.5) is 0 Å². The van der Waals surface area contributed by atoms with Crippen LogP contribution in [0.15, 0.2) is 12.2 Å². The lowest BCUT2D eigenvalue weighted by Gasteiger charge is -2.16. The molecule has 0 N–H and O–H groups in total. The number of imide groups is 1. The maximum atomic E-state index is 11.4. The lowest BCUT2D eigenvalue weighted by Crippen LogP contribution is -2.37. The van der Waals surface area contributed by atoms with E-state index in [-0.39, 0.29) is 12.3 Å². The number of sulfonamides is 1. The molecule has 0 spiro atoms. The highest BCUT2D eigenvalue weighted by Crippen LogP contribution is 2.04. The van der Waals surface area contributed by atoms with Crippen molar-refractivity contribution in [2.75, 3.05) is 26.4 Å². The molecular weight excluding hydrogens is 220 g/mol. The number of amides is 2. The molecule has 0 saturated heterocycles. The van der Waals surface area contributed by atoms with Crippen LogP contribution in [0, 0.1) is 0 Å². The Morgan fingerprint density at radius 3 is 2.07 bits per heavy atom. The van der Waals surface area contributed by atoms with Crippen LogP contribution >= 0.6 is 0 Å².